The SMILES string of the molecule is CSC(=O)C1=C(C)N=C2C=C(Cc3ccc(C(C)C)cc3)C(=O)C2C1c1ccccc1. The first-order chi connectivity index (χ1) is 14.9. The third-order valence-electron chi connectivity index (χ3n) is 6.18. The van der Waals surface area contributed by atoms with E-state index >= 15 is 0 Å². The zero-order valence-electron chi connectivity index (χ0n) is 18.4. The third kappa shape index (κ3) is 4.09. The van der Waals surface area contributed by atoms with E-state index in [0.717, 1.165) is 22.4 Å². The molecule has 2 atom stereocenters. The Kier molecular flexibility index (Phi) is 6.10. The van der Waals surface area contributed by atoms with Crippen molar-refractivity contribution in [3.8, 4) is 0 Å². The summed E-state index contributed by atoms with van der Waals surface area (Å²) in [6.45, 7) is 6.23. The van der Waals surface area contributed by atoms with E-state index < -0.39 is 5.92 Å². The summed E-state index contributed by atoms with van der Waals surface area (Å²) in [5.41, 5.74) is 6.31. The minimum Gasteiger partial charge on any atom is -0.294 e. The van der Waals surface area contributed by atoms with Crippen LogP contribution in [0.2, 0.25) is 0 Å². The van der Waals surface area contributed by atoms with Gasteiger partial charge in [-0.15, -0.1) is 0 Å². The van der Waals surface area contributed by atoms with E-state index in [1.165, 1.54) is 17.3 Å². The number of hydrogen-bond acceptors (Lipinski definition) is 4. The molecule has 31 heavy (non-hydrogen) atoms. The fourth-order valence-electron chi connectivity index (χ4n) is 4.53. The molecule has 1 aliphatic heterocycles. The van der Waals surface area contributed by atoms with Crippen molar-refractivity contribution >= 4 is 28.4 Å². The molecule has 1 heterocycles. The molecule has 4 heteroatoms. The van der Waals surface area contributed by atoms with E-state index in [1.54, 1.807) is 6.26 Å². The Hall–Kier alpha value is -2.72. The van der Waals surface area contributed by atoms with Crippen molar-refractivity contribution in [1.82, 2.24) is 0 Å². The highest BCUT2D eigenvalue weighted by molar-refractivity contribution is 8.13. The number of allylic oxidation sites excluding steroid dienone is 3. The van der Waals surface area contributed by atoms with E-state index in [-0.39, 0.29) is 16.8 Å². The Labute approximate surface area is 188 Å². The Bertz CT molecular complexity index is 1110. The maximum absolute atomic E-state index is 13.6. The number of nitrogens with zero attached hydrogens (tertiary/aromatic N) is 1. The molecule has 2 aliphatic rings. The third-order valence-corrected chi connectivity index (χ3v) is 6.77. The van der Waals surface area contributed by atoms with Crippen molar-refractivity contribution < 1.29 is 9.59 Å². The number of carbonyl (C=O) groups is 2. The molecule has 0 bridgehead atoms. The summed E-state index contributed by atoms with van der Waals surface area (Å²) >= 11 is 1.18. The highest BCUT2D eigenvalue weighted by Gasteiger charge is 2.45. The van der Waals surface area contributed by atoms with Crippen LogP contribution in [0.15, 0.2) is 82.5 Å². The molecule has 0 saturated carbocycles. The highest BCUT2D eigenvalue weighted by Crippen LogP contribution is 2.44. The summed E-state index contributed by atoms with van der Waals surface area (Å²) < 4.78 is 0. The summed E-state index contributed by atoms with van der Waals surface area (Å²) in [5.74, 6) is -0.161. The molecular formula is C27H27NO2S. The quantitative estimate of drug-likeness (QED) is 0.596. The molecule has 3 nitrogen and oxygen atoms in total. The number of ketones is 1. The summed E-state index contributed by atoms with van der Waals surface area (Å²) in [7, 11) is 0. The Morgan fingerprint density at radius 1 is 1.03 bits per heavy atom. The predicted molar refractivity (Wildman–Crippen MR) is 129 cm³/mol. The Morgan fingerprint density at radius 3 is 2.32 bits per heavy atom. The monoisotopic (exact) mass is 429 g/mol. The van der Waals surface area contributed by atoms with Crippen LogP contribution in [-0.4, -0.2) is 22.9 Å². The van der Waals surface area contributed by atoms with Gasteiger partial charge < -0.3 is 0 Å². The summed E-state index contributed by atoms with van der Waals surface area (Å²) in [4.78, 5) is 31.1. The number of rotatable bonds is 5. The van der Waals surface area contributed by atoms with Crippen LogP contribution in [0.1, 0.15) is 49.3 Å². The first kappa shape index (κ1) is 21.5. The second-order valence-electron chi connectivity index (χ2n) is 8.50. The van der Waals surface area contributed by atoms with Crippen molar-refractivity contribution in [2.75, 3.05) is 6.26 Å². The number of fused-ring (bicyclic) bond motifs is 1. The Morgan fingerprint density at radius 2 is 1.71 bits per heavy atom. The number of Topliss-reactive ketones (excluding diaryl/α,β-unsaturated/α-hetero) is 1. The van der Waals surface area contributed by atoms with E-state index in [4.69, 9.17) is 4.99 Å². The topological polar surface area (TPSA) is 46.5 Å². The molecular weight excluding hydrogens is 402 g/mol. The van der Waals surface area contributed by atoms with Crippen molar-refractivity contribution in [3.05, 3.63) is 94.2 Å². The first-order valence-corrected chi connectivity index (χ1v) is 11.9. The number of thioether (sulfide) groups is 1. The van der Waals surface area contributed by atoms with Crippen molar-refractivity contribution in [3.63, 3.8) is 0 Å². The highest BCUT2D eigenvalue weighted by atomic mass is 32.2. The molecule has 0 spiro atoms. The first-order valence-electron chi connectivity index (χ1n) is 10.7. The van der Waals surface area contributed by atoms with Gasteiger partial charge in [0.15, 0.2) is 5.78 Å². The van der Waals surface area contributed by atoms with E-state index in [0.29, 0.717) is 23.6 Å². The van der Waals surface area contributed by atoms with Gasteiger partial charge in [-0.25, -0.2) is 0 Å². The normalized spacial score (nSPS) is 20.6. The minimum atomic E-state index is -0.429. The fourth-order valence-corrected chi connectivity index (χ4v) is 5.02. The van der Waals surface area contributed by atoms with Crippen LogP contribution in [0.3, 0.4) is 0 Å². The second kappa shape index (κ2) is 8.80. The molecule has 2 aromatic carbocycles. The van der Waals surface area contributed by atoms with Gasteiger partial charge in [-0.05, 0) is 41.9 Å². The molecule has 0 radical (unpaired) electrons. The fraction of sp³-hybridized carbons (Fsp3) is 0.296. The van der Waals surface area contributed by atoms with Crippen LogP contribution in [0.5, 0.6) is 0 Å². The summed E-state index contributed by atoms with van der Waals surface area (Å²) in [5, 5.41) is -0.0142. The second-order valence-corrected chi connectivity index (χ2v) is 9.28. The number of carbonyl (C=O) groups excluding carboxylic acids is 2. The van der Waals surface area contributed by atoms with Crippen molar-refractivity contribution in [2.24, 2.45) is 10.9 Å². The molecule has 0 amide bonds. The maximum Gasteiger partial charge on any atom is 0.217 e. The number of benzene rings is 2. The van der Waals surface area contributed by atoms with Crippen molar-refractivity contribution in [1.29, 1.82) is 0 Å². The van der Waals surface area contributed by atoms with Gasteiger partial charge in [-0.3, -0.25) is 14.6 Å². The lowest BCUT2D eigenvalue weighted by atomic mass is 9.75. The predicted octanol–water partition coefficient (Wildman–Crippen LogP) is 5.88. The average molecular weight is 430 g/mol. The lowest BCUT2D eigenvalue weighted by Crippen LogP contribution is -2.32. The lowest BCUT2D eigenvalue weighted by Gasteiger charge is -2.30. The van der Waals surface area contributed by atoms with Gasteiger partial charge in [0.2, 0.25) is 5.12 Å². The summed E-state index contributed by atoms with van der Waals surface area (Å²) in [6, 6.07) is 18.4. The van der Waals surface area contributed by atoms with Gasteiger partial charge in [-0.2, -0.15) is 0 Å². The van der Waals surface area contributed by atoms with Crippen LogP contribution in [0.4, 0.5) is 0 Å². The van der Waals surface area contributed by atoms with Crippen LogP contribution < -0.4 is 0 Å². The van der Waals surface area contributed by atoms with Gasteiger partial charge >= 0.3 is 0 Å². The zero-order chi connectivity index (χ0) is 22.1. The van der Waals surface area contributed by atoms with Crippen LogP contribution >= 0.6 is 11.8 Å². The summed E-state index contributed by atoms with van der Waals surface area (Å²) in [6.07, 6.45) is 4.31. The molecule has 0 aromatic heterocycles. The zero-order valence-corrected chi connectivity index (χ0v) is 19.2. The van der Waals surface area contributed by atoms with Gasteiger partial charge in [0.05, 0.1) is 11.6 Å². The molecule has 1 aliphatic carbocycles. The lowest BCUT2D eigenvalue weighted by molar-refractivity contribution is -0.117. The Balaban J connectivity index is 1.71. The van der Waals surface area contributed by atoms with Gasteiger partial charge in [0.25, 0.3) is 0 Å². The largest absolute Gasteiger partial charge is 0.294 e. The van der Waals surface area contributed by atoms with E-state index in [1.807, 2.05) is 43.3 Å². The van der Waals surface area contributed by atoms with E-state index in [9.17, 15) is 9.59 Å². The van der Waals surface area contributed by atoms with Gasteiger partial charge in [-0.1, -0.05) is 80.2 Å². The van der Waals surface area contributed by atoms with E-state index in [2.05, 4.69) is 38.1 Å². The standard InChI is InChI=1S/C27H27NO2S/c1-16(2)19-12-10-18(11-13-19)14-21-15-22-25(26(21)29)24(20-8-6-5-7-9-20)23(17(3)28-22)27(30)31-4/h5-13,15-16,24-25H,14H2,1-4H3. The van der Waals surface area contributed by atoms with Crippen LogP contribution in [0.25, 0.3) is 0 Å². The molecule has 0 saturated heterocycles. The van der Waals surface area contributed by atoms with Crippen LogP contribution in [-0.2, 0) is 16.0 Å². The molecule has 0 fully saturated rings. The smallest absolute Gasteiger partial charge is 0.217 e. The average Bonchev–Trinajstić information content (AvgIpc) is 3.07. The van der Waals surface area contributed by atoms with Gasteiger partial charge in [0.1, 0.15) is 0 Å². The molecule has 2 unspecified atom stereocenters. The minimum absolute atomic E-state index is 0.0142. The number of aliphatic imine (C=N–C) groups is 1. The molecule has 158 valence electrons. The van der Waals surface area contributed by atoms with Crippen molar-refractivity contribution in [2.45, 2.75) is 39.0 Å². The maximum atomic E-state index is 13.6. The van der Waals surface area contributed by atoms with Gasteiger partial charge in [0, 0.05) is 29.2 Å². The molecule has 0 N–H and O–H groups in total. The van der Waals surface area contributed by atoms with Crippen LogP contribution in [0, 0.1) is 5.92 Å². The molecule has 2 aromatic rings. The molecule has 4 rings (SSSR count). The number of hydrogen-bond donors (Lipinski definition) is 0.